The van der Waals surface area contributed by atoms with Gasteiger partial charge in [-0.15, -0.1) is 0 Å². The molecule has 1 atom stereocenters. The highest BCUT2D eigenvalue weighted by atomic mass is 15.1. The first kappa shape index (κ1) is 34.8. The third-order valence-electron chi connectivity index (χ3n) is 12.3. The zero-order chi connectivity index (χ0) is 39.5. The van der Waals surface area contributed by atoms with Gasteiger partial charge in [0.05, 0.1) is 16.7 Å². The second-order valence-electron chi connectivity index (χ2n) is 15.9. The average Bonchev–Trinajstić information content (AvgIpc) is 3.78. The van der Waals surface area contributed by atoms with E-state index >= 15 is 0 Å². The van der Waals surface area contributed by atoms with Gasteiger partial charge in [-0.3, -0.25) is 0 Å². The zero-order valence-electron chi connectivity index (χ0n) is 33.2. The van der Waals surface area contributed by atoms with Crippen LogP contribution in [0.3, 0.4) is 0 Å². The van der Waals surface area contributed by atoms with E-state index in [9.17, 15) is 0 Å². The maximum absolute atomic E-state index is 2.45. The second kappa shape index (κ2) is 14.2. The van der Waals surface area contributed by atoms with Crippen molar-refractivity contribution in [1.82, 2.24) is 4.57 Å². The van der Waals surface area contributed by atoms with E-state index in [1.54, 1.807) is 0 Å². The molecule has 11 rings (SSSR count). The predicted molar refractivity (Wildman–Crippen MR) is 249 cm³/mol. The van der Waals surface area contributed by atoms with Crippen molar-refractivity contribution in [2.45, 2.75) is 19.8 Å². The van der Waals surface area contributed by atoms with Crippen molar-refractivity contribution in [2.24, 2.45) is 0 Å². The number of para-hydroxylation sites is 1. The van der Waals surface area contributed by atoms with Crippen LogP contribution in [0.5, 0.6) is 0 Å². The molecular formula is C57H42N2. The molecule has 0 radical (unpaired) electrons. The molecule has 280 valence electrons. The van der Waals surface area contributed by atoms with Gasteiger partial charge in [-0.2, -0.15) is 0 Å². The van der Waals surface area contributed by atoms with Gasteiger partial charge >= 0.3 is 0 Å². The first-order valence-corrected chi connectivity index (χ1v) is 20.6. The standard InChI is InChI=1S/C57H42N2/c1-38-14-13-19-46(34-38)59-55-23-12-11-22-51(55)54-36-44(27-33-57(54)59)41-24-28-45(29-25-41)58(47-30-31-50-49-21-10-9-20-48(49)39(2)52(50)37-47)56-32-26-43(40-15-5-3-6-16-40)35-53(56)42-17-7-4-8-18-42/h3-37,39H,1-2H3. The van der Waals surface area contributed by atoms with E-state index in [-0.39, 0.29) is 0 Å². The molecule has 0 aliphatic heterocycles. The van der Waals surface area contributed by atoms with E-state index in [1.165, 1.54) is 88.7 Å². The Hall–Kier alpha value is -7.42. The van der Waals surface area contributed by atoms with Crippen LogP contribution in [0, 0.1) is 6.92 Å². The van der Waals surface area contributed by atoms with Gasteiger partial charge in [-0.25, -0.2) is 0 Å². The molecule has 0 N–H and O–H groups in total. The minimum atomic E-state index is 0.311. The summed E-state index contributed by atoms with van der Waals surface area (Å²) in [6, 6.07) is 78.0. The Morgan fingerprint density at radius 3 is 1.83 bits per heavy atom. The lowest BCUT2D eigenvalue weighted by molar-refractivity contribution is 0.956. The minimum absolute atomic E-state index is 0.311. The van der Waals surface area contributed by atoms with Gasteiger partial charge in [0, 0.05) is 39.3 Å². The van der Waals surface area contributed by atoms with E-state index in [2.05, 4.69) is 236 Å². The summed E-state index contributed by atoms with van der Waals surface area (Å²) in [5.41, 5.74) is 20.8. The molecule has 1 unspecified atom stereocenters. The predicted octanol–water partition coefficient (Wildman–Crippen LogP) is 15.7. The summed E-state index contributed by atoms with van der Waals surface area (Å²) in [7, 11) is 0. The fourth-order valence-corrected chi connectivity index (χ4v) is 9.40. The number of fused-ring (bicyclic) bond motifs is 6. The number of benzene rings is 9. The largest absolute Gasteiger partial charge is 0.310 e. The molecule has 0 bridgehead atoms. The molecule has 2 heteroatoms. The molecular weight excluding hydrogens is 713 g/mol. The van der Waals surface area contributed by atoms with Crippen LogP contribution in [0.2, 0.25) is 0 Å². The minimum Gasteiger partial charge on any atom is -0.310 e. The summed E-state index contributed by atoms with van der Waals surface area (Å²) < 4.78 is 2.39. The van der Waals surface area contributed by atoms with Crippen LogP contribution in [-0.4, -0.2) is 4.57 Å². The number of rotatable bonds is 7. The second-order valence-corrected chi connectivity index (χ2v) is 15.9. The number of aryl methyl sites for hydroxylation is 1. The smallest absolute Gasteiger partial charge is 0.0541 e. The molecule has 0 spiro atoms. The molecule has 1 aliphatic rings. The Bertz CT molecular complexity index is 3170. The third-order valence-corrected chi connectivity index (χ3v) is 12.3. The Kier molecular flexibility index (Phi) is 8.37. The first-order valence-electron chi connectivity index (χ1n) is 20.6. The van der Waals surface area contributed by atoms with Crippen LogP contribution in [0.15, 0.2) is 212 Å². The number of aromatic nitrogens is 1. The SMILES string of the molecule is Cc1cccc(-n2c3ccccc3c3cc(-c4ccc(N(c5ccc6c(c5)C(C)c5ccccc5-6)c5ccc(-c6ccccc6)cc5-c5ccccc5)cc4)ccc32)c1. The lowest BCUT2D eigenvalue weighted by Gasteiger charge is -2.29. The molecule has 1 aromatic heterocycles. The summed E-state index contributed by atoms with van der Waals surface area (Å²) in [5, 5.41) is 2.51. The molecule has 0 saturated heterocycles. The number of anilines is 3. The molecule has 10 aromatic rings. The molecule has 1 aliphatic carbocycles. The van der Waals surface area contributed by atoms with Crippen molar-refractivity contribution in [2.75, 3.05) is 4.90 Å². The molecule has 0 fully saturated rings. The molecule has 2 nitrogen and oxygen atoms in total. The van der Waals surface area contributed by atoms with E-state index < -0.39 is 0 Å². The zero-order valence-corrected chi connectivity index (χ0v) is 33.2. The van der Waals surface area contributed by atoms with Crippen LogP contribution in [0.1, 0.15) is 29.5 Å². The van der Waals surface area contributed by atoms with Gasteiger partial charge in [0.25, 0.3) is 0 Å². The van der Waals surface area contributed by atoms with E-state index in [0.717, 1.165) is 17.1 Å². The Balaban J connectivity index is 1.06. The highest BCUT2D eigenvalue weighted by Crippen LogP contribution is 2.49. The van der Waals surface area contributed by atoms with E-state index in [4.69, 9.17) is 0 Å². The van der Waals surface area contributed by atoms with E-state index in [1.807, 2.05) is 0 Å². The quantitative estimate of drug-likeness (QED) is 0.157. The number of hydrogen-bond donors (Lipinski definition) is 0. The van der Waals surface area contributed by atoms with Crippen molar-refractivity contribution >= 4 is 38.9 Å². The van der Waals surface area contributed by atoms with Crippen LogP contribution < -0.4 is 4.90 Å². The van der Waals surface area contributed by atoms with Gasteiger partial charge in [0.2, 0.25) is 0 Å². The van der Waals surface area contributed by atoms with Crippen molar-refractivity contribution in [1.29, 1.82) is 0 Å². The fraction of sp³-hybridized carbons (Fsp3) is 0.0526. The summed E-state index contributed by atoms with van der Waals surface area (Å²) in [5.74, 6) is 0.311. The monoisotopic (exact) mass is 754 g/mol. The normalized spacial score (nSPS) is 13.1. The lowest BCUT2D eigenvalue weighted by Crippen LogP contribution is -2.12. The molecule has 1 heterocycles. The topological polar surface area (TPSA) is 8.17 Å². The fourth-order valence-electron chi connectivity index (χ4n) is 9.40. The first-order chi connectivity index (χ1) is 29.1. The van der Waals surface area contributed by atoms with Crippen molar-refractivity contribution in [3.8, 4) is 50.2 Å². The van der Waals surface area contributed by atoms with Gasteiger partial charge in [-0.1, -0.05) is 153 Å². The molecule has 9 aromatic carbocycles. The Morgan fingerprint density at radius 1 is 0.390 bits per heavy atom. The third kappa shape index (κ3) is 5.96. The average molecular weight is 755 g/mol. The maximum Gasteiger partial charge on any atom is 0.0541 e. The van der Waals surface area contributed by atoms with E-state index in [0.29, 0.717) is 5.92 Å². The molecule has 0 saturated carbocycles. The summed E-state index contributed by atoms with van der Waals surface area (Å²) in [6.07, 6.45) is 0. The van der Waals surface area contributed by atoms with Crippen molar-refractivity contribution in [3.05, 3.63) is 229 Å². The summed E-state index contributed by atoms with van der Waals surface area (Å²) in [6.45, 7) is 4.50. The Morgan fingerprint density at radius 2 is 1.02 bits per heavy atom. The number of nitrogens with zero attached hydrogens (tertiary/aromatic N) is 2. The Labute approximate surface area is 345 Å². The van der Waals surface area contributed by atoms with Crippen molar-refractivity contribution < 1.29 is 0 Å². The lowest BCUT2D eigenvalue weighted by atomic mass is 9.95. The van der Waals surface area contributed by atoms with Crippen LogP contribution in [-0.2, 0) is 0 Å². The van der Waals surface area contributed by atoms with Crippen molar-refractivity contribution in [3.63, 3.8) is 0 Å². The van der Waals surface area contributed by atoms with Crippen LogP contribution >= 0.6 is 0 Å². The van der Waals surface area contributed by atoms with Gasteiger partial charge in [0.15, 0.2) is 0 Å². The van der Waals surface area contributed by atoms with Crippen LogP contribution in [0.4, 0.5) is 17.1 Å². The highest BCUT2D eigenvalue weighted by Gasteiger charge is 2.27. The van der Waals surface area contributed by atoms with Crippen LogP contribution in [0.25, 0.3) is 72.0 Å². The molecule has 0 amide bonds. The highest BCUT2D eigenvalue weighted by molar-refractivity contribution is 6.10. The summed E-state index contributed by atoms with van der Waals surface area (Å²) >= 11 is 0. The van der Waals surface area contributed by atoms with Gasteiger partial charge in [0.1, 0.15) is 0 Å². The number of hydrogen-bond acceptors (Lipinski definition) is 1. The van der Waals surface area contributed by atoms with Gasteiger partial charge < -0.3 is 9.47 Å². The maximum atomic E-state index is 2.45. The molecule has 59 heavy (non-hydrogen) atoms. The van der Waals surface area contributed by atoms with Gasteiger partial charge in [-0.05, 0) is 129 Å². The summed E-state index contributed by atoms with van der Waals surface area (Å²) in [4.78, 5) is 2.45.